The van der Waals surface area contributed by atoms with Crippen LogP contribution in [0.15, 0.2) is 30.6 Å². The molecule has 0 fully saturated rings. The maximum Gasteiger partial charge on any atom is 0.413 e. The Hall–Kier alpha value is -3.71. The number of hydrogen-bond acceptors (Lipinski definition) is 8. The van der Waals surface area contributed by atoms with E-state index in [1.54, 1.807) is 32.9 Å². The van der Waals surface area contributed by atoms with E-state index in [1.807, 2.05) is 6.92 Å². The molecule has 0 aliphatic carbocycles. The third-order valence-electron chi connectivity index (χ3n) is 4.68. The molecule has 0 spiro atoms. The lowest BCUT2D eigenvalue weighted by molar-refractivity contribution is -0.152. The summed E-state index contributed by atoms with van der Waals surface area (Å²) in [5, 5.41) is 19.3. The van der Waals surface area contributed by atoms with Gasteiger partial charge in [-0.25, -0.2) is 14.8 Å². The molecule has 0 aliphatic rings. The van der Waals surface area contributed by atoms with Crippen LogP contribution in [0.5, 0.6) is 5.88 Å². The number of pyridine rings is 2. The van der Waals surface area contributed by atoms with Crippen molar-refractivity contribution in [3.63, 3.8) is 0 Å². The first-order valence-corrected chi connectivity index (χ1v) is 11.2. The number of hydrogen-bond donors (Lipinski definition) is 2. The minimum Gasteiger partial charge on any atom is -0.475 e. The van der Waals surface area contributed by atoms with E-state index in [1.165, 1.54) is 18.5 Å². The Morgan fingerprint density at radius 3 is 2.46 bits per heavy atom. The summed E-state index contributed by atoms with van der Waals surface area (Å²) >= 11 is 0. The Morgan fingerprint density at radius 1 is 1.20 bits per heavy atom. The van der Waals surface area contributed by atoms with Crippen molar-refractivity contribution in [2.75, 3.05) is 18.1 Å². The predicted molar refractivity (Wildman–Crippen MR) is 131 cm³/mol. The molecule has 0 saturated heterocycles. The van der Waals surface area contributed by atoms with Gasteiger partial charge in [0.25, 0.3) is 0 Å². The SMILES string of the molecule is CC(C)CC(C)(N)COc1ncc(-c2ccnc(N(CC(=O)OC(C)(C)C)C(=O)O)c2)cc1C#N. The molecule has 2 aromatic rings. The molecule has 10 nitrogen and oxygen atoms in total. The van der Waals surface area contributed by atoms with Crippen molar-refractivity contribution in [2.45, 2.75) is 59.1 Å². The minimum atomic E-state index is -1.36. The number of carbonyl (C=O) groups is 2. The van der Waals surface area contributed by atoms with Gasteiger partial charge in [0.05, 0.1) is 0 Å². The van der Waals surface area contributed by atoms with E-state index < -0.39 is 29.7 Å². The quantitative estimate of drug-likeness (QED) is 0.504. The molecular weight excluding hydrogens is 450 g/mol. The maximum absolute atomic E-state index is 12.2. The molecule has 1 amide bonds. The lowest BCUT2D eigenvalue weighted by Gasteiger charge is -2.26. The highest BCUT2D eigenvalue weighted by atomic mass is 16.6. The zero-order valence-electron chi connectivity index (χ0n) is 21.0. The topological polar surface area (TPSA) is 152 Å². The van der Waals surface area contributed by atoms with E-state index in [9.17, 15) is 20.0 Å². The number of ether oxygens (including phenoxy) is 2. The second kappa shape index (κ2) is 11.1. The number of esters is 1. The smallest absolute Gasteiger partial charge is 0.413 e. The molecule has 2 heterocycles. The van der Waals surface area contributed by atoms with Gasteiger partial charge in [-0.05, 0) is 63.8 Å². The van der Waals surface area contributed by atoms with E-state index in [-0.39, 0.29) is 23.9 Å². The Morgan fingerprint density at radius 2 is 1.89 bits per heavy atom. The summed E-state index contributed by atoms with van der Waals surface area (Å²) < 4.78 is 11.0. The van der Waals surface area contributed by atoms with Crippen molar-refractivity contribution < 1.29 is 24.2 Å². The predicted octanol–water partition coefficient (Wildman–Crippen LogP) is 3.98. The van der Waals surface area contributed by atoms with Gasteiger partial charge in [0.2, 0.25) is 5.88 Å². The van der Waals surface area contributed by atoms with Gasteiger partial charge >= 0.3 is 12.1 Å². The second-order valence-corrected chi connectivity index (χ2v) is 10.1. The van der Waals surface area contributed by atoms with Crippen molar-refractivity contribution >= 4 is 17.9 Å². The Labute approximate surface area is 205 Å². The molecule has 0 aromatic carbocycles. The van der Waals surface area contributed by atoms with E-state index in [0.29, 0.717) is 17.0 Å². The van der Waals surface area contributed by atoms with Crippen LogP contribution in [0, 0.1) is 17.2 Å². The molecule has 0 bridgehead atoms. The van der Waals surface area contributed by atoms with Crippen LogP contribution in [-0.4, -0.2) is 51.4 Å². The molecule has 0 saturated carbocycles. The highest BCUT2D eigenvalue weighted by Crippen LogP contribution is 2.27. The average molecular weight is 484 g/mol. The van der Waals surface area contributed by atoms with Crippen LogP contribution in [0.4, 0.5) is 10.6 Å². The molecule has 3 N–H and O–H groups in total. The van der Waals surface area contributed by atoms with Gasteiger partial charge in [0.1, 0.15) is 36.2 Å². The van der Waals surface area contributed by atoms with Crippen molar-refractivity contribution in [3.05, 3.63) is 36.2 Å². The molecule has 2 aromatic heterocycles. The van der Waals surface area contributed by atoms with E-state index in [0.717, 1.165) is 11.3 Å². The first-order valence-electron chi connectivity index (χ1n) is 11.2. The summed E-state index contributed by atoms with van der Waals surface area (Å²) in [6.07, 6.45) is 2.32. The number of carbonyl (C=O) groups excluding carboxylic acids is 1. The first-order chi connectivity index (χ1) is 16.2. The Bertz CT molecular complexity index is 1100. The van der Waals surface area contributed by atoms with Crippen LogP contribution >= 0.6 is 0 Å². The number of nitrogens with two attached hydrogens (primary N) is 1. The second-order valence-electron chi connectivity index (χ2n) is 10.1. The van der Waals surface area contributed by atoms with Crippen LogP contribution in [-0.2, 0) is 9.53 Å². The first kappa shape index (κ1) is 27.5. The molecule has 188 valence electrons. The summed E-state index contributed by atoms with van der Waals surface area (Å²) in [6.45, 7) is 10.8. The van der Waals surface area contributed by atoms with Gasteiger partial charge in [0, 0.05) is 23.5 Å². The lowest BCUT2D eigenvalue weighted by atomic mass is 9.93. The summed E-state index contributed by atoms with van der Waals surface area (Å²) in [6, 6.07) is 6.82. The van der Waals surface area contributed by atoms with Crippen molar-refractivity contribution in [3.8, 4) is 23.1 Å². The van der Waals surface area contributed by atoms with Crippen molar-refractivity contribution in [1.29, 1.82) is 5.26 Å². The van der Waals surface area contributed by atoms with Gasteiger partial charge < -0.3 is 20.3 Å². The molecule has 35 heavy (non-hydrogen) atoms. The fourth-order valence-corrected chi connectivity index (χ4v) is 3.53. The summed E-state index contributed by atoms with van der Waals surface area (Å²) in [7, 11) is 0. The van der Waals surface area contributed by atoms with Crippen LogP contribution in [0.2, 0.25) is 0 Å². The molecule has 0 radical (unpaired) electrons. The minimum absolute atomic E-state index is 0.0345. The average Bonchev–Trinajstić information content (AvgIpc) is 2.73. The van der Waals surface area contributed by atoms with Gasteiger partial charge in [-0.1, -0.05) is 13.8 Å². The third kappa shape index (κ3) is 8.54. The van der Waals surface area contributed by atoms with E-state index >= 15 is 0 Å². The van der Waals surface area contributed by atoms with Crippen molar-refractivity contribution in [2.24, 2.45) is 11.7 Å². The number of amides is 1. The zero-order valence-corrected chi connectivity index (χ0v) is 21.0. The summed E-state index contributed by atoms with van der Waals surface area (Å²) in [5.41, 5.74) is 6.29. The number of aromatic nitrogens is 2. The molecule has 2 rings (SSSR count). The molecule has 1 atom stereocenters. The van der Waals surface area contributed by atoms with Gasteiger partial charge in [-0.3, -0.25) is 9.69 Å². The molecular formula is C25H33N5O5. The highest BCUT2D eigenvalue weighted by Gasteiger charge is 2.25. The van der Waals surface area contributed by atoms with Gasteiger partial charge in [-0.15, -0.1) is 0 Å². The zero-order chi connectivity index (χ0) is 26.4. The standard InChI is InChI=1S/C25H33N5O5/c1-16(2)11-25(6,27)15-34-22-18(12-26)9-19(13-29-22)17-7-8-28-20(10-17)30(23(32)33)14-21(31)35-24(3,4)5/h7-10,13,16H,11,14-15,27H2,1-6H3,(H,32,33). The fourth-order valence-electron chi connectivity index (χ4n) is 3.53. The number of nitrogens with zero attached hydrogens (tertiary/aromatic N) is 4. The monoisotopic (exact) mass is 483 g/mol. The molecule has 10 heteroatoms. The van der Waals surface area contributed by atoms with Crippen LogP contribution in [0.25, 0.3) is 11.1 Å². The van der Waals surface area contributed by atoms with E-state index in [2.05, 4.69) is 29.9 Å². The van der Waals surface area contributed by atoms with Crippen LogP contribution < -0.4 is 15.4 Å². The van der Waals surface area contributed by atoms with E-state index in [4.69, 9.17) is 15.2 Å². The highest BCUT2D eigenvalue weighted by molar-refractivity contribution is 5.92. The normalized spacial score (nSPS) is 13.0. The largest absolute Gasteiger partial charge is 0.475 e. The molecule has 1 unspecified atom stereocenters. The number of carboxylic acid groups (broad SMARTS) is 1. The fraction of sp³-hybridized carbons (Fsp3) is 0.480. The summed E-state index contributed by atoms with van der Waals surface area (Å²) in [5.74, 6) is -0.109. The summed E-state index contributed by atoms with van der Waals surface area (Å²) in [4.78, 5) is 33.2. The van der Waals surface area contributed by atoms with Crippen LogP contribution in [0.3, 0.4) is 0 Å². The third-order valence-corrected chi connectivity index (χ3v) is 4.68. The number of anilines is 1. The van der Waals surface area contributed by atoms with Gasteiger partial charge in [-0.2, -0.15) is 5.26 Å². The molecule has 0 aliphatic heterocycles. The number of nitriles is 1. The Balaban J connectivity index is 2.28. The van der Waals surface area contributed by atoms with Crippen LogP contribution in [0.1, 0.15) is 53.5 Å². The maximum atomic E-state index is 12.2. The lowest BCUT2D eigenvalue weighted by Crippen LogP contribution is -2.43. The number of rotatable bonds is 9. The Kier molecular flexibility index (Phi) is 8.77. The van der Waals surface area contributed by atoms with Gasteiger partial charge in [0.15, 0.2) is 0 Å². The van der Waals surface area contributed by atoms with Crippen molar-refractivity contribution in [1.82, 2.24) is 9.97 Å².